The molecular weight excluding hydrogens is 222 g/mol. The maximum atomic E-state index is 12.5. The van der Waals surface area contributed by atoms with Gasteiger partial charge in [-0.15, -0.1) is 0 Å². The molecule has 1 rings (SSSR count). The van der Waals surface area contributed by atoms with Gasteiger partial charge in [0.05, 0.1) is 6.04 Å². The van der Waals surface area contributed by atoms with Gasteiger partial charge in [0.25, 0.3) is 0 Å². The minimum absolute atomic E-state index is 0.0395. The zero-order valence-electron chi connectivity index (χ0n) is 12.2. The van der Waals surface area contributed by atoms with Crippen LogP contribution in [0.3, 0.4) is 0 Å². The number of carbonyl (C=O) groups is 1. The van der Waals surface area contributed by atoms with Crippen molar-refractivity contribution in [1.82, 2.24) is 4.90 Å². The Kier molecular flexibility index (Phi) is 5.09. The summed E-state index contributed by atoms with van der Waals surface area (Å²) in [5.41, 5.74) is 0.855. The van der Waals surface area contributed by atoms with Gasteiger partial charge in [-0.1, -0.05) is 44.2 Å². The van der Waals surface area contributed by atoms with E-state index < -0.39 is 0 Å². The summed E-state index contributed by atoms with van der Waals surface area (Å²) in [5.74, 6) is 0.224. The lowest BCUT2D eigenvalue weighted by Gasteiger charge is -2.39. The Morgan fingerprint density at radius 1 is 1.22 bits per heavy atom. The third kappa shape index (κ3) is 3.20. The average Bonchev–Trinajstić information content (AvgIpc) is 2.40. The Balaban J connectivity index is 2.94. The van der Waals surface area contributed by atoms with E-state index in [2.05, 4.69) is 39.6 Å². The molecular formula is C16H25NO. The summed E-state index contributed by atoms with van der Waals surface area (Å²) in [6.07, 6.45) is 1.87. The second-order valence-corrected chi connectivity index (χ2v) is 5.43. The Labute approximate surface area is 111 Å². The Bertz CT molecular complexity index is 383. The van der Waals surface area contributed by atoms with Crippen molar-refractivity contribution in [2.75, 3.05) is 7.05 Å². The van der Waals surface area contributed by atoms with E-state index in [0.29, 0.717) is 0 Å². The Morgan fingerprint density at radius 2 is 1.78 bits per heavy atom. The molecule has 0 amide bonds. The number of likely N-dealkylation sites (N-methyl/N-ethyl adjacent to an activating group) is 1. The van der Waals surface area contributed by atoms with Crippen LogP contribution < -0.4 is 0 Å². The molecule has 0 heterocycles. The zero-order valence-corrected chi connectivity index (χ0v) is 12.2. The molecule has 0 aliphatic heterocycles. The van der Waals surface area contributed by atoms with Crippen LogP contribution in [-0.2, 0) is 0 Å². The molecule has 1 unspecified atom stereocenters. The predicted molar refractivity (Wildman–Crippen MR) is 77.0 cm³/mol. The van der Waals surface area contributed by atoms with Crippen molar-refractivity contribution < 1.29 is 4.79 Å². The van der Waals surface area contributed by atoms with E-state index in [-0.39, 0.29) is 17.4 Å². The van der Waals surface area contributed by atoms with Crippen LogP contribution in [0.15, 0.2) is 30.3 Å². The van der Waals surface area contributed by atoms with Gasteiger partial charge in [-0.2, -0.15) is 0 Å². The molecule has 0 N–H and O–H groups in total. The summed E-state index contributed by atoms with van der Waals surface area (Å²) < 4.78 is 0. The highest BCUT2D eigenvalue weighted by atomic mass is 16.1. The maximum absolute atomic E-state index is 12.5. The van der Waals surface area contributed by atoms with E-state index in [1.165, 1.54) is 0 Å². The first kappa shape index (κ1) is 14.9. The van der Waals surface area contributed by atoms with E-state index in [1.807, 2.05) is 30.3 Å². The summed E-state index contributed by atoms with van der Waals surface area (Å²) in [6, 6.07) is 9.55. The van der Waals surface area contributed by atoms with Crippen molar-refractivity contribution >= 4 is 5.78 Å². The monoisotopic (exact) mass is 247 g/mol. The Hall–Kier alpha value is -1.15. The molecule has 0 aliphatic carbocycles. The predicted octanol–water partition coefficient (Wildman–Crippen LogP) is 3.77. The summed E-state index contributed by atoms with van der Waals surface area (Å²) in [7, 11) is 2.05. The maximum Gasteiger partial charge on any atom is 0.179 e. The lowest BCUT2D eigenvalue weighted by molar-refractivity contribution is 0.0628. The van der Waals surface area contributed by atoms with Crippen LogP contribution in [0, 0.1) is 0 Å². The van der Waals surface area contributed by atoms with Crippen molar-refractivity contribution in [1.29, 1.82) is 0 Å². The number of ketones is 1. The van der Waals surface area contributed by atoms with Gasteiger partial charge in [-0.25, -0.2) is 0 Å². The van der Waals surface area contributed by atoms with Crippen LogP contribution in [0.5, 0.6) is 0 Å². The van der Waals surface area contributed by atoms with E-state index in [9.17, 15) is 4.79 Å². The molecule has 0 spiro atoms. The number of rotatable bonds is 6. The number of nitrogens with zero attached hydrogens (tertiary/aromatic N) is 1. The Morgan fingerprint density at radius 3 is 2.22 bits per heavy atom. The van der Waals surface area contributed by atoms with Crippen LogP contribution in [0.4, 0.5) is 0 Å². The van der Waals surface area contributed by atoms with Gasteiger partial charge < -0.3 is 0 Å². The number of hydrogen-bond acceptors (Lipinski definition) is 2. The van der Waals surface area contributed by atoms with Crippen molar-refractivity contribution in [3.63, 3.8) is 0 Å². The second-order valence-electron chi connectivity index (χ2n) is 5.43. The lowest BCUT2D eigenvalue weighted by atomic mass is 9.93. The normalized spacial score (nSPS) is 13.7. The summed E-state index contributed by atoms with van der Waals surface area (Å²) in [4.78, 5) is 14.7. The van der Waals surface area contributed by atoms with Gasteiger partial charge in [0.2, 0.25) is 0 Å². The van der Waals surface area contributed by atoms with Crippen molar-refractivity contribution in [3.05, 3.63) is 35.9 Å². The van der Waals surface area contributed by atoms with Crippen LogP contribution in [0.1, 0.15) is 50.9 Å². The topological polar surface area (TPSA) is 20.3 Å². The quantitative estimate of drug-likeness (QED) is 0.713. The van der Waals surface area contributed by atoms with Crippen molar-refractivity contribution in [3.8, 4) is 0 Å². The highest BCUT2D eigenvalue weighted by molar-refractivity contribution is 6.00. The minimum atomic E-state index is -0.0395. The molecule has 0 aromatic heterocycles. The van der Waals surface area contributed by atoms with E-state index >= 15 is 0 Å². The standard InChI is InChI=1S/C16H25NO/c1-6-14(17(5)16(3,4)7-2)15(18)13-11-9-8-10-12-13/h8-12,14H,6-7H2,1-5H3. The molecule has 2 nitrogen and oxygen atoms in total. The van der Waals surface area contributed by atoms with Gasteiger partial charge in [0.15, 0.2) is 5.78 Å². The van der Waals surface area contributed by atoms with Gasteiger partial charge in [-0.05, 0) is 33.7 Å². The number of Topliss-reactive ketones (excluding diaryl/α,β-unsaturated/α-hetero) is 1. The summed E-state index contributed by atoms with van der Waals surface area (Å²) in [5, 5.41) is 0. The molecule has 100 valence electrons. The molecule has 0 aliphatic rings. The zero-order chi connectivity index (χ0) is 13.8. The third-order valence-electron chi connectivity index (χ3n) is 4.04. The molecule has 18 heavy (non-hydrogen) atoms. The van der Waals surface area contributed by atoms with Crippen molar-refractivity contribution in [2.45, 2.75) is 52.1 Å². The molecule has 0 saturated carbocycles. The lowest BCUT2D eigenvalue weighted by Crippen LogP contribution is -2.50. The van der Waals surface area contributed by atoms with Crippen LogP contribution >= 0.6 is 0 Å². The molecule has 1 aromatic rings. The summed E-state index contributed by atoms with van der Waals surface area (Å²) in [6.45, 7) is 8.62. The molecule has 0 radical (unpaired) electrons. The first-order valence-corrected chi connectivity index (χ1v) is 6.76. The first-order chi connectivity index (χ1) is 8.44. The SMILES string of the molecule is CCC(C(=O)c1ccccc1)N(C)C(C)(C)CC. The van der Waals surface area contributed by atoms with Gasteiger partial charge >= 0.3 is 0 Å². The van der Waals surface area contributed by atoms with Crippen LogP contribution in [0.2, 0.25) is 0 Å². The van der Waals surface area contributed by atoms with E-state index in [4.69, 9.17) is 0 Å². The van der Waals surface area contributed by atoms with Gasteiger partial charge in [0, 0.05) is 11.1 Å². The first-order valence-electron chi connectivity index (χ1n) is 6.76. The summed E-state index contributed by atoms with van der Waals surface area (Å²) >= 11 is 0. The van der Waals surface area contributed by atoms with E-state index in [0.717, 1.165) is 18.4 Å². The largest absolute Gasteiger partial charge is 0.292 e. The van der Waals surface area contributed by atoms with Crippen LogP contribution in [-0.4, -0.2) is 29.3 Å². The fourth-order valence-corrected chi connectivity index (χ4v) is 2.10. The third-order valence-corrected chi connectivity index (χ3v) is 4.04. The fraction of sp³-hybridized carbons (Fsp3) is 0.562. The molecule has 0 bridgehead atoms. The highest BCUT2D eigenvalue weighted by Crippen LogP contribution is 2.23. The molecule has 0 fully saturated rings. The second kappa shape index (κ2) is 6.14. The molecule has 2 heteroatoms. The van der Waals surface area contributed by atoms with Crippen molar-refractivity contribution in [2.24, 2.45) is 0 Å². The fourth-order valence-electron chi connectivity index (χ4n) is 2.10. The molecule has 0 saturated heterocycles. The van der Waals surface area contributed by atoms with Gasteiger partial charge in [-0.3, -0.25) is 9.69 Å². The van der Waals surface area contributed by atoms with E-state index in [1.54, 1.807) is 0 Å². The molecule has 1 aromatic carbocycles. The van der Waals surface area contributed by atoms with Gasteiger partial charge in [0.1, 0.15) is 0 Å². The minimum Gasteiger partial charge on any atom is -0.292 e. The molecule has 1 atom stereocenters. The number of benzene rings is 1. The number of hydrogen-bond donors (Lipinski definition) is 0. The number of carbonyl (C=O) groups excluding carboxylic acids is 1. The smallest absolute Gasteiger partial charge is 0.179 e. The van der Waals surface area contributed by atoms with Crippen LogP contribution in [0.25, 0.3) is 0 Å². The highest BCUT2D eigenvalue weighted by Gasteiger charge is 2.31. The average molecular weight is 247 g/mol.